The predicted octanol–water partition coefficient (Wildman–Crippen LogP) is 4.28. The second-order valence-electron chi connectivity index (χ2n) is 8.86. The summed E-state index contributed by atoms with van der Waals surface area (Å²) in [5.41, 5.74) is 0.629. The number of hydrogen-bond donors (Lipinski definition) is 0. The zero-order valence-electron chi connectivity index (χ0n) is 16.0. The molecule has 1 fully saturated rings. The second-order valence-corrected chi connectivity index (χ2v) is 8.86. The van der Waals surface area contributed by atoms with E-state index in [1.54, 1.807) is 0 Å². The lowest BCUT2D eigenvalue weighted by molar-refractivity contribution is -0.147. The van der Waals surface area contributed by atoms with Gasteiger partial charge >= 0.3 is 11.9 Å². The van der Waals surface area contributed by atoms with Crippen LogP contribution < -0.4 is 0 Å². The number of hydrogen-bond acceptors (Lipinski definition) is 4. The van der Waals surface area contributed by atoms with E-state index in [0.29, 0.717) is 24.4 Å². The Hall–Kier alpha value is -1.32. The number of carbonyl (C=O) groups excluding carboxylic acids is 2. The van der Waals surface area contributed by atoms with Gasteiger partial charge in [-0.1, -0.05) is 41.5 Å². The van der Waals surface area contributed by atoms with Gasteiger partial charge in [-0.3, -0.25) is 0 Å². The van der Waals surface area contributed by atoms with E-state index in [-0.39, 0.29) is 34.6 Å². The first-order valence-corrected chi connectivity index (χ1v) is 9.18. The quantitative estimate of drug-likeness (QED) is 0.679. The van der Waals surface area contributed by atoms with Gasteiger partial charge in [0.15, 0.2) is 0 Å². The summed E-state index contributed by atoms with van der Waals surface area (Å²) >= 11 is 0. The third-order valence-electron chi connectivity index (χ3n) is 5.42. The summed E-state index contributed by atoms with van der Waals surface area (Å²) in [5.74, 6) is -0.105. The molecule has 2 bridgehead atoms. The average Bonchev–Trinajstić information content (AvgIpc) is 2.50. The van der Waals surface area contributed by atoms with Gasteiger partial charge in [0, 0.05) is 10.8 Å². The largest absolute Gasteiger partial charge is 0.462 e. The Bertz CT molecular complexity index is 486. The van der Waals surface area contributed by atoms with Crippen LogP contribution in [0.15, 0.2) is 11.1 Å². The van der Waals surface area contributed by atoms with E-state index in [2.05, 4.69) is 13.8 Å². The smallest absolute Gasteiger partial charge is 0.335 e. The Balaban J connectivity index is 2.39. The maximum absolute atomic E-state index is 12.8. The van der Waals surface area contributed by atoms with Crippen LogP contribution in [0.1, 0.15) is 67.2 Å². The van der Waals surface area contributed by atoms with Crippen molar-refractivity contribution >= 4 is 11.9 Å². The molecule has 0 N–H and O–H groups in total. The van der Waals surface area contributed by atoms with Gasteiger partial charge in [-0.05, 0) is 37.5 Å². The molecule has 3 aliphatic carbocycles. The first kappa shape index (κ1) is 19.0. The standard InChI is InChI=1S/C20H32O4/c1-13(2)11-23-17(21)15-16(18(22)24-12-14(3)4)20(6)9-7-19(15,5)8-10-20/h13-14H,7-12H2,1-6H3. The molecule has 3 aliphatic rings. The molecule has 0 amide bonds. The van der Waals surface area contributed by atoms with Crippen LogP contribution in [0.25, 0.3) is 0 Å². The highest BCUT2D eigenvalue weighted by Crippen LogP contribution is 2.59. The third-order valence-corrected chi connectivity index (χ3v) is 5.42. The van der Waals surface area contributed by atoms with E-state index >= 15 is 0 Å². The average molecular weight is 336 g/mol. The molecule has 0 aromatic rings. The fourth-order valence-corrected chi connectivity index (χ4v) is 3.78. The van der Waals surface area contributed by atoms with Gasteiger partial charge in [0.2, 0.25) is 0 Å². The Morgan fingerprint density at radius 2 is 1.08 bits per heavy atom. The van der Waals surface area contributed by atoms with Crippen LogP contribution in [0.4, 0.5) is 0 Å². The molecule has 3 rings (SSSR count). The molecule has 0 saturated heterocycles. The van der Waals surface area contributed by atoms with Crippen molar-refractivity contribution in [2.45, 2.75) is 67.2 Å². The number of ether oxygens (including phenoxy) is 2. The summed E-state index contributed by atoms with van der Waals surface area (Å²) in [7, 11) is 0. The van der Waals surface area contributed by atoms with Crippen molar-refractivity contribution in [2.75, 3.05) is 13.2 Å². The van der Waals surface area contributed by atoms with E-state index in [1.165, 1.54) is 0 Å². The van der Waals surface area contributed by atoms with Crippen molar-refractivity contribution in [1.29, 1.82) is 0 Å². The minimum Gasteiger partial charge on any atom is -0.462 e. The predicted molar refractivity (Wildman–Crippen MR) is 93.3 cm³/mol. The first-order chi connectivity index (χ1) is 11.1. The molecule has 0 atom stereocenters. The van der Waals surface area contributed by atoms with Crippen molar-refractivity contribution in [3.63, 3.8) is 0 Å². The third kappa shape index (κ3) is 3.68. The summed E-state index contributed by atoms with van der Waals surface area (Å²) in [6, 6.07) is 0. The highest BCUT2D eigenvalue weighted by Gasteiger charge is 2.54. The molecule has 4 nitrogen and oxygen atoms in total. The summed E-state index contributed by atoms with van der Waals surface area (Å²) < 4.78 is 11.0. The monoisotopic (exact) mass is 336 g/mol. The van der Waals surface area contributed by atoms with Crippen LogP contribution >= 0.6 is 0 Å². The summed E-state index contributed by atoms with van der Waals surface area (Å²) in [4.78, 5) is 25.6. The van der Waals surface area contributed by atoms with Crippen LogP contribution in [0, 0.1) is 22.7 Å². The maximum atomic E-state index is 12.8. The molecular weight excluding hydrogens is 304 g/mol. The molecule has 0 radical (unpaired) electrons. The molecule has 24 heavy (non-hydrogen) atoms. The molecule has 1 saturated carbocycles. The molecular formula is C20H32O4. The van der Waals surface area contributed by atoms with Gasteiger partial charge in [0.05, 0.1) is 24.4 Å². The van der Waals surface area contributed by atoms with E-state index in [1.807, 2.05) is 27.7 Å². The van der Waals surface area contributed by atoms with Crippen molar-refractivity contribution in [1.82, 2.24) is 0 Å². The molecule has 4 heteroatoms. The molecule has 0 spiro atoms. The van der Waals surface area contributed by atoms with E-state index in [4.69, 9.17) is 9.47 Å². The van der Waals surface area contributed by atoms with Gasteiger partial charge < -0.3 is 9.47 Å². The topological polar surface area (TPSA) is 52.6 Å². The number of esters is 2. The van der Waals surface area contributed by atoms with E-state index in [0.717, 1.165) is 25.7 Å². The summed E-state index contributed by atoms with van der Waals surface area (Å²) in [5, 5.41) is 0. The summed E-state index contributed by atoms with van der Waals surface area (Å²) in [6.45, 7) is 13.0. The Kier molecular flexibility index (Phi) is 5.46. The summed E-state index contributed by atoms with van der Waals surface area (Å²) in [6.07, 6.45) is 3.71. The van der Waals surface area contributed by atoms with E-state index in [9.17, 15) is 9.59 Å². The molecule has 0 aromatic heterocycles. The van der Waals surface area contributed by atoms with Crippen LogP contribution in [-0.4, -0.2) is 25.2 Å². The minimum absolute atomic E-state index is 0.266. The molecule has 0 unspecified atom stereocenters. The fraction of sp³-hybridized carbons (Fsp3) is 0.800. The van der Waals surface area contributed by atoms with Crippen LogP contribution in [-0.2, 0) is 19.1 Å². The van der Waals surface area contributed by atoms with Gasteiger partial charge in [0.25, 0.3) is 0 Å². The van der Waals surface area contributed by atoms with Gasteiger partial charge in [-0.15, -0.1) is 0 Å². The highest BCUT2D eigenvalue weighted by molar-refractivity contribution is 6.03. The van der Waals surface area contributed by atoms with Crippen molar-refractivity contribution in [3.05, 3.63) is 11.1 Å². The van der Waals surface area contributed by atoms with Gasteiger partial charge in [0.1, 0.15) is 0 Å². The van der Waals surface area contributed by atoms with Crippen LogP contribution in [0.5, 0.6) is 0 Å². The van der Waals surface area contributed by atoms with Crippen molar-refractivity contribution in [2.24, 2.45) is 22.7 Å². The van der Waals surface area contributed by atoms with Gasteiger partial charge in [-0.25, -0.2) is 9.59 Å². The Morgan fingerprint density at radius 3 is 1.33 bits per heavy atom. The lowest BCUT2D eigenvalue weighted by atomic mass is 9.52. The normalized spacial score (nSPS) is 29.3. The number of rotatable bonds is 6. The minimum atomic E-state index is -0.326. The Labute approximate surface area is 146 Å². The zero-order valence-corrected chi connectivity index (χ0v) is 16.0. The fourth-order valence-electron chi connectivity index (χ4n) is 3.78. The number of carbonyl (C=O) groups is 2. The lowest BCUT2D eigenvalue weighted by Gasteiger charge is -2.51. The Morgan fingerprint density at radius 1 is 0.792 bits per heavy atom. The van der Waals surface area contributed by atoms with Crippen LogP contribution in [0.2, 0.25) is 0 Å². The van der Waals surface area contributed by atoms with Gasteiger partial charge in [-0.2, -0.15) is 0 Å². The SMILES string of the molecule is CC(C)COC(=O)C1=C(C(=O)OCC(C)C)C2(C)CCC1(C)CC2. The zero-order chi connectivity index (χ0) is 18.1. The molecule has 0 heterocycles. The van der Waals surface area contributed by atoms with Crippen LogP contribution in [0.3, 0.4) is 0 Å². The molecule has 0 aliphatic heterocycles. The van der Waals surface area contributed by atoms with Crippen molar-refractivity contribution in [3.8, 4) is 0 Å². The second kappa shape index (κ2) is 6.89. The first-order valence-electron chi connectivity index (χ1n) is 9.18. The maximum Gasteiger partial charge on any atom is 0.335 e. The highest BCUT2D eigenvalue weighted by atomic mass is 16.5. The van der Waals surface area contributed by atoms with E-state index < -0.39 is 0 Å². The molecule has 136 valence electrons. The van der Waals surface area contributed by atoms with Crippen molar-refractivity contribution < 1.29 is 19.1 Å². The molecule has 0 aromatic carbocycles. The lowest BCUT2D eigenvalue weighted by Crippen LogP contribution is -2.46. The number of fused-ring (bicyclic) bond motifs is 2.